The molecule has 0 aliphatic rings. The number of hydrogen-bond acceptors (Lipinski definition) is 3. The molecule has 0 saturated heterocycles. The number of aliphatic carboxylic acids is 1. The Morgan fingerprint density at radius 1 is 1.62 bits per heavy atom. The number of fused-ring (bicyclic) bond motifs is 1. The van der Waals surface area contributed by atoms with Crippen LogP contribution >= 0.6 is 11.6 Å². The zero-order valence-electron chi connectivity index (χ0n) is 8.51. The van der Waals surface area contributed by atoms with E-state index in [1.165, 1.54) is 0 Å². The summed E-state index contributed by atoms with van der Waals surface area (Å²) in [6.07, 6.45) is 1.62. The van der Waals surface area contributed by atoms with E-state index in [0.717, 1.165) is 5.52 Å². The van der Waals surface area contributed by atoms with Gasteiger partial charge in [0.05, 0.1) is 22.4 Å². The summed E-state index contributed by atoms with van der Waals surface area (Å²) in [6.45, 7) is 0. The van der Waals surface area contributed by atoms with Gasteiger partial charge in [-0.3, -0.25) is 4.79 Å². The maximum Gasteiger partial charge on any atom is 0.325 e. The summed E-state index contributed by atoms with van der Waals surface area (Å²) in [5, 5.41) is 9.26. The maximum atomic E-state index is 10.8. The molecule has 84 valence electrons. The molecule has 0 spiro atoms. The Labute approximate surface area is 96.4 Å². The molecule has 1 aromatic carbocycles. The van der Waals surface area contributed by atoms with Crippen molar-refractivity contribution in [2.24, 2.45) is 12.8 Å². The molecule has 1 atom stereocenters. The number of aromatic nitrogens is 2. The molecule has 0 fully saturated rings. The molecule has 0 aliphatic carbocycles. The Bertz CT molecular complexity index is 564. The first-order chi connectivity index (χ1) is 7.50. The Balaban J connectivity index is 2.63. The van der Waals surface area contributed by atoms with Gasteiger partial charge in [-0.25, -0.2) is 4.98 Å². The van der Waals surface area contributed by atoms with E-state index in [2.05, 4.69) is 4.98 Å². The van der Waals surface area contributed by atoms with E-state index >= 15 is 0 Å². The first kappa shape index (κ1) is 10.9. The van der Waals surface area contributed by atoms with Gasteiger partial charge >= 0.3 is 5.97 Å². The fourth-order valence-electron chi connectivity index (χ4n) is 1.58. The minimum atomic E-state index is -1.09. The van der Waals surface area contributed by atoms with E-state index < -0.39 is 12.0 Å². The van der Waals surface area contributed by atoms with Crippen LogP contribution in [-0.2, 0) is 11.8 Å². The standard InChI is InChI=1S/C10H10ClN3O2/c1-14-4-13-7-3-5(8(12)10(15)16)2-6(11)9(7)14/h2-4,8H,12H2,1H3,(H,15,16). The predicted molar refractivity (Wildman–Crippen MR) is 60.3 cm³/mol. The molecule has 1 aromatic heterocycles. The van der Waals surface area contributed by atoms with Gasteiger partial charge in [0.1, 0.15) is 6.04 Å². The number of carbonyl (C=O) groups is 1. The molecule has 0 saturated carbocycles. The largest absolute Gasteiger partial charge is 0.480 e. The van der Waals surface area contributed by atoms with Crippen molar-refractivity contribution in [3.05, 3.63) is 29.0 Å². The Kier molecular flexibility index (Phi) is 2.57. The summed E-state index contributed by atoms with van der Waals surface area (Å²) in [6, 6.07) is 2.12. The number of aryl methyl sites for hydroxylation is 1. The van der Waals surface area contributed by atoms with Crippen molar-refractivity contribution in [2.75, 3.05) is 0 Å². The number of halogens is 1. The van der Waals surface area contributed by atoms with Gasteiger partial charge < -0.3 is 15.4 Å². The highest BCUT2D eigenvalue weighted by atomic mass is 35.5. The molecule has 1 unspecified atom stereocenters. The predicted octanol–water partition coefficient (Wildman–Crippen LogP) is 1.31. The van der Waals surface area contributed by atoms with Crippen LogP contribution in [0.1, 0.15) is 11.6 Å². The second-order valence-corrected chi connectivity index (χ2v) is 3.95. The highest BCUT2D eigenvalue weighted by Crippen LogP contribution is 2.26. The quantitative estimate of drug-likeness (QED) is 0.828. The van der Waals surface area contributed by atoms with Crippen LogP contribution in [0.15, 0.2) is 18.5 Å². The number of hydrogen-bond donors (Lipinski definition) is 2. The van der Waals surface area contributed by atoms with Crippen molar-refractivity contribution < 1.29 is 9.90 Å². The Hall–Kier alpha value is -1.59. The third-order valence-electron chi connectivity index (χ3n) is 2.41. The summed E-state index contributed by atoms with van der Waals surface area (Å²) in [7, 11) is 1.82. The number of imidazole rings is 1. The summed E-state index contributed by atoms with van der Waals surface area (Å²) < 4.78 is 1.77. The SMILES string of the molecule is Cn1cnc2cc(C(N)C(=O)O)cc(Cl)c21. The van der Waals surface area contributed by atoms with Crippen LogP contribution in [0.4, 0.5) is 0 Å². The van der Waals surface area contributed by atoms with Crippen molar-refractivity contribution in [1.29, 1.82) is 0 Å². The van der Waals surface area contributed by atoms with Crippen LogP contribution in [0.25, 0.3) is 11.0 Å². The minimum Gasteiger partial charge on any atom is -0.480 e. The van der Waals surface area contributed by atoms with Crippen LogP contribution in [0.3, 0.4) is 0 Å². The van der Waals surface area contributed by atoms with Crippen LogP contribution in [0.5, 0.6) is 0 Å². The number of carboxylic acid groups (broad SMARTS) is 1. The lowest BCUT2D eigenvalue weighted by Crippen LogP contribution is -2.20. The second kappa shape index (κ2) is 3.77. The molecule has 1 heterocycles. The molecule has 2 rings (SSSR count). The van der Waals surface area contributed by atoms with E-state index in [4.69, 9.17) is 22.4 Å². The lowest BCUT2D eigenvalue weighted by atomic mass is 10.1. The van der Waals surface area contributed by atoms with Gasteiger partial charge in [0.25, 0.3) is 0 Å². The first-order valence-corrected chi connectivity index (χ1v) is 4.97. The normalized spacial score (nSPS) is 12.9. The van der Waals surface area contributed by atoms with Gasteiger partial charge in [-0.2, -0.15) is 0 Å². The smallest absolute Gasteiger partial charge is 0.325 e. The molecule has 3 N–H and O–H groups in total. The molecule has 2 aromatic rings. The van der Waals surface area contributed by atoms with Crippen molar-refractivity contribution in [2.45, 2.75) is 6.04 Å². The van der Waals surface area contributed by atoms with Crippen LogP contribution in [-0.4, -0.2) is 20.6 Å². The molecule has 0 amide bonds. The number of nitrogens with two attached hydrogens (primary N) is 1. The average Bonchev–Trinajstić information content (AvgIpc) is 2.59. The monoisotopic (exact) mass is 239 g/mol. The Morgan fingerprint density at radius 3 is 2.94 bits per heavy atom. The lowest BCUT2D eigenvalue weighted by molar-refractivity contribution is -0.138. The van der Waals surface area contributed by atoms with E-state index in [9.17, 15) is 4.79 Å². The average molecular weight is 240 g/mol. The van der Waals surface area contributed by atoms with Gasteiger partial charge in [0.2, 0.25) is 0 Å². The van der Waals surface area contributed by atoms with Crippen molar-refractivity contribution >= 4 is 28.6 Å². The Morgan fingerprint density at radius 2 is 2.31 bits per heavy atom. The fraction of sp³-hybridized carbons (Fsp3) is 0.200. The van der Waals surface area contributed by atoms with Crippen molar-refractivity contribution in [3.63, 3.8) is 0 Å². The maximum absolute atomic E-state index is 10.8. The fourth-order valence-corrected chi connectivity index (χ4v) is 1.94. The van der Waals surface area contributed by atoms with Crippen LogP contribution in [0.2, 0.25) is 5.02 Å². The third kappa shape index (κ3) is 1.64. The van der Waals surface area contributed by atoms with Gasteiger partial charge in [0, 0.05) is 7.05 Å². The molecule has 0 bridgehead atoms. The summed E-state index contributed by atoms with van der Waals surface area (Å²) in [4.78, 5) is 14.9. The number of carboxylic acids is 1. The minimum absolute atomic E-state index is 0.448. The number of nitrogens with zero attached hydrogens (tertiary/aromatic N) is 2. The van der Waals surface area contributed by atoms with E-state index in [1.54, 1.807) is 23.0 Å². The van der Waals surface area contributed by atoms with Crippen molar-refractivity contribution in [1.82, 2.24) is 9.55 Å². The summed E-state index contributed by atoms with van der Waals surface area (Å²) in [5.74, 6) is -1.09. The van der Waals surface area contributed by atoms with Gasteiger partial charge in [-0.15, -0.1) is 0 Å². The molecule has 0 radical (unpaired) electrons. The molecule has 6 heteroatoms. The second-order valence-electron chi connectivity index (χ2n) is 3.54. The number of rotatable bonds is 2. The number of benzene rings is 1. The third-order valence-corrected chi connectivity index (χ3v) is 2.70. The van der Waals surface area contributed by atoms with Crippen LogP contribution < -0.4 is 5.73 Å². The van der Waals surface area contributed by atoms with Crippen molar-refractivity contribution in [3.8, 4) is 0 Å². The zero-order valence-corrected chi connectivity index (χ0v) is 9.27. The van der Waals surface area contributed by atoms with E-state index in [-0.39, 0.29) is 0 Å². The van der Waals surface area contributed by atoms with Gasteiger partial charge in [-0.05, 0) is 17.7 Å². The molecule has 0 aliphatic heterocycles. The summed E-state index contributed by atoms with van der Waals surface area (Å²) >= 11 is 6.05. The molecular formula is C10H10ClN3O2. The lowest BCUT2D eigenvalue weighted by Gasteiger charge is -2.08. The zero-order chi connectivity index (χ0) is 11.9. The summed E-state index contributed by atoms with van der Waals surface area (Å²) in [5.41, 5.74) is 7.37. The first-order valence-electron chi connectivity index (χ1n) is 4.59. The van der Waals surface area contributed by atoms with Gasteiger partial charge in [-0.1, -0.05) is 11.6 Å². The van der Waals surface area contributed by atoms with E-state index in [1.807, 2.05) is 7.05 Å². The van der Waals surface area contributed by atoms with Crippen LogP contribution in [0, 0.1) is 0 Å². The highest BCUT2D eigenvalue weighted by molar-refractivity contribution is 6.35. The van der Waals surface area contributed by atoms with Gasteiger partial charge in [0.15, 0.2) is 0 Å². The topological polar surface area (TPSA) is 81.1 Å². The molecular weight excluding hydrogens is 230 g/mol. The molecule has 5 nitrogen and oxygen atoms in total. The van der Waals surface area contributed by atoms with E-state index in [0.29, 0.717) is 16.1 Å². The highest BCUT2D eigenvalue weighted by Gasteiger charge is 2.17. The molecule has 16 heavy (non-hydrogen) atoms.